The van der Waals surface area contributed by atoms with Gasteiger partial charge in [-0.25, -0.2) is 36.9 Å². The molecule has 0 aliphatic heterocycles. The Morgan fingerprint density at radius 1 is 0.814 bits per heavy atom. The lowest BCUT2D eigenvalue weighted by atomic mass is 10.2. The number of nitrogens with zero attached hydrogens (tertiary/aromatic N) is 3. The molecule has 4 amide bonds. The fourth-order valence-electron chi connectivity index (χ4n) is 4.25. The van der Waals surface area contributed by atoms with Gasteiger partial charge in [0.1, 0.15) is 29.6 Å². The zero-order valence-corrected chi connectivity index (χ0v) is 35.5. The molecule has 0 saturated carbocycles. The third kappa shape index (κ3) is 16.4. The van der Waals surface area contributed by atoms with E-state index in [0.29, 0.717) is 32.5 Å². The SMILES string of the molecule is CC(C)COc1cc(F)ccc1NC(=O)C(=O)Nc1nc(CNS(C)(=O)=O)c(Sc2ncc[nH]2)s1.CC(C)COc1cc(F)ccc1NC(=O)CC(=O)Nc1nccs1. The Labute approximate surface area is 350 Å². The molecule has 0 saturated heterocycles. The van der Waals surface area contributed by atoms with Crippen LogP contribution in [0.1, 0.15) is 39.8 Å². The monoisotopic (exact) mass is 893 g/mol. The summed E-state index contributed by atoms with van der Waals surface area (Å²) >= 11 is 3.50. The molecule has 0 atom stereocenters. The number of H-pyrrole nitrogens is 1. The molecular formula is C36H41F2N9O8S4. The molecule has 5 aromatic rings. The molecule has 23 heteroatoms. The van der Waals surface area contributed by atoms with Crippen molar-refractivity contribution < 1.29 is 45.9 Å². The standard InChI is InChI=1S/C20H23FN6O5S3.C16H18FN3O3S/c1-11(2)10-32-15-8-12(21)4-5-13(15)25-16(28)17(29)27-20-26-14(9-24-35(3,30)31)18(34-20)33-19-22-6-7-23-19;1-10(2)9-23-13-7-11(17)3-4-12(13)19-14(21)8-15(22)20-16-18-5-6-24-16/h4-8,11,24H,9-10H2,1-3H3,(H,22,23)(H,25,28)(H,26,27,29);3-7,10H,8-9H2,1-2H3,(H,19,21)(H,18,20,22). The Balaban J connectivity index is 0.000000280. The normalized spacial score (nSPS) is 11.1. The zero-order chi connectivity index (χ0) is 43.1. The Hall–Kier alpha value is -5.49. The molecule has 0 aliphatic rings. The second-order valence-electron chi connectivity index (χ2n) is 13.1. The molecule has 316 valence electrons. The van der Waals surface area contributed by atoms with E-state index in [-0.39, 0.29) is 53.7 Å². The quantitative estimate of drug-likeness (QED) is 0.0459. The van der Waals surface area contributed by atoms with E-state index in [9.17, 15) is 36.4 Å². The topological polar surface area (TPSA) is 235 Å². The first kappa shape index (κ1) is 46.2. The maximum atomic E-state index is 13.6. The van der Waals surface area contributed by atoms with E-state index >= 15 is 0 Å². The number of rotatable bonds is 17. The first-order valence-electron chi connectivity index (χ1n) is 17.5. The molecule has 2 aromatic carbocycles. The third-order valence-electron chi connectivity index (χ3n) is 6.81. The molecule has 0 aliphatic carbocycles. The predicted octanol–water partition coefficient (Wildman–Crippen LogP) is 6.10. The highest BCUT2D eigenvalue weighted by atomic mass is 32.2. The number of hydrogen-bond acceptors (Lipinski definition) is 14. The number of benzene rings is 2. The molecule has 3 heterocycles. The van der Waals surface area contributed by atoms with Crippen LogP contribution in [0.15, 0.2) is 69.7 Å². The summed E-state index contributed by atoms with van der Waals surface area (Å²) in [6.45, 7) is 8.30. The lowest BCUT2D eigenvalue weighted by Crippen LogP contribution is -2.29. The molecule has 6 N–H and O–H groups in total. The number of carbonyl (C=O) groups is 4. The van der Waals surface area contributed by atoms with Crippen LogP contribution in [0.5, 0.6) is 11.5 Å². The molecule has 17 nitrogen and oxygen atoms in total. The summed E-state index contributed by atoms with van der Waals surface area (Å²) in [6, 6.07) is 7.38. The number of aromatic amines is 1. The maximum absolute atomic E-state index is 13.6. The highest BCUT2D eigenvalue weighted by Crippen LogP contribution is 2.36. The average Bonchev–Trinajstić information content (AvgIpc) is 3.94. The van der Waals surface area contributed by atoms with Gasteiger partial charge in [-0.15, -0.1) is 11.3 Å². The number of carbonyl (C=O) groups excluding carboxylic acids is 4. The molecule has 59 heavy (non-hydrogen) atoms. The van der Waals surface area contributed by atoms with E-state index in [1.165, 1.54) is 47.4 Å². The minimum absolute atomic E-state index is 0.0832. The summed E-state index contributed by atoms with van der Waals surface area (Å²) in [7, 11) is -3.49. The van der Waals surface area contributed by atoms with Gasteiger partial charge in [-0.1, -0.05) is 39.0 Å². The Morgan fingerprint density at radius 2 is 1.41 bits per heavy atom. The van der Waals surface area contributed by atoms with Gasteiger partial charge < -0.3 is 30.4 Å². The second-order valence-corrected chi connectivity index (χ2v) is 18.0. The van der Waals surface area contributed by atoms with Crippen molar-refractivity contribution in [2.24, 2.45) is 11.8 Å². The highest BCUT2D eigenvalue weighted by Gasteiger charge is 2.22. The van der Waals surface area contributed by atoms with Crippen LogP contribution in [-0.2, 0) is 35.7 Å². The summed E-state index contributed by atoms with van der Waals surface area (Å²) in [5, 5.41) is 12.7. The molecule has 0 unspecified atom stereocenters. The van der Waals surface area contributed by atoms with E-state index in [0.717, 1.165) is 29.7 Å². The van der Waals surface area contributed by atoms with Gasteiger partial charge in [0, 0.05) is 36.1 Å². The molecule has 0 fully saturated rings. The van der Waals surface area contributed by atoms with Crippen LogP contribution >= 0.6 is 34.4 Å². The van der Waals surface area contributed by atoms with Gasteiger partial charge in [-0.2, -0.15) is 0 Å². The Kier molecular flexibility index (Phi) is 17.3. The van der Waals surface area contributed by atoms with Crippen LogP contribution in [0.4, 0.5) is 30.4 Å². The van der Waals surface area contributed by atoms with E-state index in [1.54, 1.807) is 24.0 Å². The van der Waals surface area contributed by atoms with Crippen LogP contribution in [0.25, 0.3) is 0 Å². The summed E-state index contributed by atoms with van der Waals surface area (Å²) in [5.74, 6) is -3.31. The van der Waals surface area contributed by atoms with Gasteiger partial charge in [-0.3, -0.25) is 24.5 Å². The second kappa shape index (κ2) is 22.0. The van der Waals surface area contributed by atoms with Crippen molar-refractivity contribution >= 4 is 89.7 Å². The van der Waals surface area contributed by atoms with Gasteiger partial charge >= 0.3 is 11.8 Å². The van der Waals surface area contributed by atoms with Crippen molar-refractivity contribution in [1.29, 1.82) is 0 Å². The van der Waals surface area contributed by atoms with Crippen LogP contribution < -0.4 is 35.5 Å². The van der Waals surface area contributed by atoms with Crippen molar-refractivity contribution in [3.63, 3.8) is 0 Å². The molecule has 3 aromatic heterocycles. The molecule has 5 rings (SSSR count). The van der Waals surface area contributed by atoms with Gasteiger partial charge in [-0.05, 0) is 47.9 Å². The lowest BCUT2D eigenvalue weighted by Gasteiger charge is -2.14. The van der Waals surface area contributed by atoms with E-state index in [2.05, 4.69) is 45.9 Å². The van der Waals surface area contributed by atoms with Gasteiger partial charge in [0.15, 0.2) is 15.4 Å². The fraction of sp³-hybridized carbons (Fsp3) is 0.306. The number of ether oxygens (including phenoxy) is 2. The van der Waals surface area contributed by atoms with Gasteiger partial charge in [0.2, 0.25) is 21.8 Å². The number of amides is 4. The maximum Gasteiger partial charge on any atom is 0.315 e. The Bertz CT molecular complexity index is 2310. The number of nitrogens with one attached hydrogen (secondary N) is 6. The van der Waals surface area contributed by atoms with E-state index < -0.39 is 45.3 Å². The number of sulfonamides is 1. The van der Waals surface area contributed by atoms with E-state index in [1.807, 2.05) is 27.7 Å². The molecule has 0 radical (unpaired) electrons. The van der Waals surface area contributed by atoms with Crippen molar-refractivity contribution in [3.05, 3.63) is 77.7 Å². The fourth-order valence-corrected chi connectivity index (χ4v) is 7.20. The number of thiazole rings is 2. The predicted molar refractivity (Wildman–Crippen MR) is 221 cm³/mol. The number of halogens is 2. The van der Waals surface area contributed by atoms with Crippen LogP contribution in [0.3, 0.4) is 0 Å². The number of aromatic nitrogens is 4. The van der Waals surface area contributed by atoms with Crippen LogP contribution in [0.2, 0.25) is 0 Å². The Morgan fingerprint density at radius 3 is 1.95 bits per heavy atom. The first-order chi connectivity index (χ1) is 27.9. The smallest absolute Gasteiger partial charge is 0.315 e. The van der Waals surface area contributed by atoms with E-state index in [4.69, 9.17) is 9.47 Å². The average molecular weight is 894 g/mol. The van der Waals surface area contributed by atoms with Crippen molar-refractivity contribution in [2.75, 3.05) is 40.7 Å². The number of anilines is 4. The van der Waals surface area contributed by atoms with Crippen molar-refractivity contribution in [2.45, 2.75) is 50.0 Å². The minimum atomic E-state index is -3.49. The first-order valence-corrected chi connectivity index (χ1v) is 21.9. The zero-order valence-electron chi connectivity index (χ0n) is 32.3. The molecular weight excluding hydrogens is 853 g/mol. The lowest BCUT2D eigenvalue weighted by molar-refractivity contribution is -0.133. The number of imidazole rings is 1. The summed E-state index contributed by atoms with van der Waals surface area (Å²) in [6.07, 6.45) is 5.37. The largest absolute Gasteiger partial charge is 0.491 e. The summed E-state index contributed by atoms with van der Waals surface area (Å²) in [5.41, 5.74) is 0.808. The van der Waals surface area contributed by atoms with Crippen LogP contribution in [0, 0.1) is 23.5 Å². The number of hydrogen-bond donors (Lipinski definition) is 6. The van der Waals surface area contributed by atoms with Gasteiger partial charge in [0.05, 0.1) is 47.3 Å². The van der Waals surface area contributed by atoms with Crippen LogP contribution in [-0.4, -0.2) is 71.5 Å². The minimum Gasteiger partial charge on any atom is -0.491 e. The third-order valence-corrected chi connectivity index (χ3v) is 10.3. The van der Waals surface area contributed by atoms with Crippen molar-refractivity contribution in [1.82, 2.24) is 24.7 Å². The molecule has 0 bridgehead atoms. The van der Waals surface area contributed by atoms with Gasteiger partial charge in [0.25, 0.3) is 0 Å². The molecule has 0 spiro atoms. The summed E-state index contributed by atoms with van der Waals surface area (Å²) in [4.78, 5) is 63.9. The summed E-state index contributed by atoms with van der Waals surface area (Å²) < 4.78 is 64.0. The van der Waals surface area contributed by atoms with Crippen molar-refractivity contribution in [3.8, 4) is 11.5 Å². The highest BCUT2D eigenvalue weighted by molar-refractivity contribution is 8.01.